The normalized spacial score (nSPS) is 15.8. The number of benzene rings is 2. The van der Waals surface area contributed by atoms with Gasteiger partial charge in [0, 0.05) is 23.2 Å². The fraction of sp³-hybridized carbons (Fsp3) is 0.0909. The minimum absolute atomic E-state index is 0.236. The van der Waals surface area contributed by atoms with E-state index >= 15 is 0 Å². The van der Waals surface area contributed by atoms with E-state index < -0.39 is 0 Å². The molecule has 0 radical (unpaired) electrons. The molecule has 130 valence electrons. The van der Waals surface area contributed by atoms with Crippen LogP contribution in [0.2, 0.25) is 0 Å². The molecule has 0 aliphatic carbocycles. The molecule has 26 heavy (non-hydrogen) atoms. The highest BCUT2D eigenvalue weighted by atomic mass is 35.5. The highest BCUT2D eigenvalue weighted by Gasteiger charge is 2.07. The number of hydrogen-bond donors (Lipinski definition) is 0. The first-order chi connectivity index (χ1) is 12.7. The molecule has 2 aromatic carbocycles. The topological polar surface area (TPSA) is 24.7 Å². The summed E-state index contributed by atoms with van der Waals surface area (Å²) < 4.78 is 13.0. The zero-order valence-electron chi connectivity index (χ0n) is 14.2. The predicted octanol–water partition coefficient (Wildman–Crippen LogP) is 5.95. The first kappa shape index (κ1) is 18.0. The van der Waals surface area contributed by atoms with Gasteiger partial charge in [0.1, 0.15) is 5.82 Å². The Labute approximate surface area is 157 Å². The average molecular weight is 365 g/mol. The molecule has 0 saturated carbocycles. The summed E-state index contributed by atoms with van der Waals surface area (Å²) in [6.07, 6.45) is 7.89. The van der Waals surface area contributed by atoms with Gasteiger partial charge >= 0.3 is 0 Å². The maximum atomic E-state index is 13.0. The van der Waals surface area contributed by atoms with Crippen LogP contribution in [-0.4, -0.2) is 18.5 Å². The highest BCUT2D eigenvalue weighted by Crippen LogP contribution is 2.21. The van der Waals surface area contributed by atoms with Crippen LogP contribution in [0.4, 0.5) is 4.39 Å². The summed E-state index contributed by atoms with van der Waals surface area (Å²) in [5.74, 6) is -0.236. The number of hydrogen-bond acceptors (Lipinski definition) is 2. The van der Waals surface area contributed by atoms with Crippen LogP contribution >= 0.6 is 11.6 Å². The van der Waals surface area contributed by atoms with E-state index in [1.54, 1.807) is 24.4 Å². The summed E-state index contributed by atoms with van der Waals surface area (Å²) in [7, 11) is 0. The molecule has 0 atom stereocenters. The van der Waals surface area contributed by atoms with Crippen LogP contribution in [0.25, 0.3) is 11.1 Å². The number of allylic oxidation sites excluding steroid dienone is 4. The van der Waals surface area contributed by atoms with Gasteiger partial charge in [-0.15, -0.1) is 6.58 Å². The molecule has 0 aromatic heterocycles. The predicted molar refractivity (Wildman–Crippen MR) is 109 cm³/mol. The second-order valence-electron chi connectivity index (χ2n) is 5.82. The maximum absolute atomic E-state index is 13.0. The van der Waals surface area contributed by atoms with Crippen molar-refractivity contribution in [2.24, 2.45) is 9.98 Å². The van der Waals surface area contributed by atoms with Gasteiger partial charge in [0.2, 0.25) is 0 Å². The molecule has 4 heteroatoms. The third kappa shape index (κ3) is 4.64. The Morgan fingerprint density at radius 2 is 1.65 bits per heavy atom. The summed E-state index contributed by atoms with van der Waals surface area (Å²) in [6, 6.07) is 14.4. The molecule has 0 saturated heterocycles. The summed E-state index contributed by atoms with van der Waals surface area (Å²) in [5.41, 5.74) is 4.64. The number of nitrogens with zero attached hydrogens (tertiary/aromatic N) is 2. The van der Waals surface area contributed by atoms with Crippen molar-refractivity contribution in [2.45, 2.75) is 6.42 Å². The lowest BCUT2D eigenvalue weighted by Crippen LogP contribution is -2.09. The molecule has 1 aliphatic rings. The molecule has 0 amide bonds. The standard InChI is InChI=1S/C22H18ClFN2/c1-2-3-19(23)10-13-21-14-25-15-22(26-21)18-6-4-16(5-7-18)17-8-11-20(24)12-9-17/h2,4-13,15H,1,3,14H2/b19-10+,21-13+. The third-order valence-electron chi connectivity index (χ3n) is 3.89. The first-order valence-corrected chi connectivity index (χ1v) is 8.64. The molecule has 3 rings (SSSR count). The zero-order valence-corrected chi connectivity index (χ0v) is 15.0. The number of halogens is 2. The van der Waals surface area contributed by atoms with Crippen LogP contribution in [-0.2, 0) is 0 Å². The van der Waals surface area contributed by atoms with Crippen molar-refractivity contribution in [1.82, 2.24) is 0 Å². The zero-order chi connectivity index (χ0) is 18.4. The second-order valence-corrected chi connectivity index (χ2v) is 6.30. The number of rotatable bonds is 5. The van der Waals surface area contributed by atoms with Gasteiger partial charge in [-0.05, 0) is 35.4 Å². The molecular formula is C22H18ClFN2. The number of aliphatic imine (C=N–C) groups is 2. The largest absolute Gasteiger partial charge is 0.285 e. The van der Waals surface area contributed by atoms with Gasteiger partial charge in [0.15, 0.2) is 0 Å². The lowest BCUT2D eigenvalue weighted by molar-refractivity contribution is 0.628. The fourth-order valence-corrected chi connectivity index (χ4v) is 2.71. The van der Waals surface area contributed by atoms with E-state index in [9.17, 15) is 4.39 Å². The molecular weight excluding hydrogens is 347 g/mol. The van der Waals surface area contributed by atoms with Crippen molar-refractivity contribution in [3.8, 4) is 11.1 Å². The Balaban J connectivity index is 1.80. The summed E-state index contributed by atoms with van der Waals surface area (Å²) in [6.45, 7) is 4.20. The van der Waals surface area contributed by atoms with Gasteiger partial charge in [-0.2, -0.15) is 0 Å². The van der Waals surface area contributed by atoms with Crippen molar-refractivity contribution in [2.75, 3.05) is 6.54 Å². The molecule has 1 heterocycles. The SMILES string of the molecule is C=CC/C(Cl)=C\C=C1/CN=CC(c2ccc(-c3ccc(F)cc3)cc2)=N1. The van der Waals surface area contributed by atoms with Crippen molar-refractivity contribution in [3.05, 3.63) is 95.4 Å². The van der Waals surface area contributed by atoms with E-state index in [0.29, 0.717) is 18.0 Å². The van der Waals surface area contributed by atoms with E-state index in [4.69, 9.17) is 11.6 Å². The first-order valence-electron chi connectivity index (χ1n) is 8.27. The van der Waals surface area contributed by atoms with Gasteiger partial charge in [-0.25, -0.2) is 9.38 Å². The van der Waals surface area contributed by atoms with E-state index in [0.717, 1.165) is 28.1 Å². The molecule has 0 bridgehead atoms. The molecule has 0 unspecified atom stereocenters. The molecule has 0 spiro atoms. The quantitative estimate of drug-likeness (QED) is 0.586. The van der Waals surface area contributed by atoms with Gasteiger partial charge < -0.3 is 0 Å². The van der Waals surface area contributed by atoms with Gasteiger partial charge in [-0.1, -0.05) is 54.1 Å². The Kier molecular flexibility index (Phi) is 5.92. The lowest BCUT2D eigenvalue weighted by atomic mass is 10.0. The molecule has 2 nitrogen and oxygen atoms in total. The summed E-state index contributed by atoms with van der Waals surface area (Å²) >= 11 is 6.07. The van der Waals surface area contributed by atoms with Crippen LogP contribution in [0.15, 0.2) is 94.1 Å². The van der Waals surface area contributed by atoms with Crippen molar-refractivity contribution in [3.63, 3.8) is 0 Å². The van der Waals surface area contributed by atoms with Gasteiger partial charge in [0.05, 0.1) is 18.0 Å². The van der Waals surface area contributed by atoms with Crippen LogP contribution in [0.1, 0.15) is 12.0 Å². The van der Waals surface area contributed by atoms with Crippen molar-refractivity contribution >= 4 is 23.5 Å². The van der Waals surface area contributed by atoms with E-state index in [1.165, 1.54) is 12.1 Å². The van der Waals surface area contributed by atoms with E-state index in [1.807, 2.05) is 36.4 Å². The van der Waals surface area contributed by atoms with Crippen LogP contribution in [0.5, 0.6) is 0 Å². The Bertz CT molecular complexity index is 904. The van der Waals surface area contributed by atoms with Gasteiger partial charge in [-0.3, -0.25) is 4.99 Å². The van der Waals surface area contributed by atoms with E-state index in [-0.39, 0.29) is 5.82 Å². The van der Waals surface area contributed by atoms with Crippen LogP contribution in [0, 0.1) is 5.82 Å². The Hall–Kier alpha value is -2.78. The van der Waals surface area contributed by atoms with Crippen LogP contribution in [0.3, 0.4) is 0 Å². The third-order valence-corrected chi connectivity index (χ3v) is 4.17. The minimum Gasteiger partial charge on any atom is -0.285 e. The molecule has 2 aromatic rings. The smallest absolute Gasteiger partial charge is 0.123 e. The fourth-order valence-electron chi connectivity index (χ4n) is 2.54. The molecule has 0 N–H and O–H groups in total. The molecule has 1 aliphatic heterocycles. The van der Waals surface area contributed by atoms with Crippen molar-refractivity contribution in [1.29, 1.82) is 0 Å². The van der Waals surface area contributed by atoms with E-state index in [2.05, 4.69) is 16.6 Å². The summed E-state index contributed by atoms with van der Waals surface area (Å²) in [5, 5.41) is 0.711. The van der Waals surface area contributed by atoms with Crippen LogP contribution < -0.4 is 0 Å². The maximum Gasteiger partial charge on any atom is 0.123 e. The average Bonchev–Trinajstić information content (AvgIpc) is 2.68. The lowest BCUT2D eigenvalue weighted by Gasteiger charge is -2.09. The monoisotopic (exact) mass is 364 g/mol. The molecule has 0 fully saturated rings. The Morgan fingerprint density at radius 3 is 2.31 bits per heavy atom. The Morgan fingerprint density at radius 1 is 1.04 bits per heavy atom. The minimum atomic E-state index is -0.236. The second kappa shape index (κ2) is 8.54. The summed E-state index contributed by atoms with van der Waals surface area (Å²) in [4.78, 5) is 9.02. The highest BCUT2D eigenvalue weighted by molar-refractivity contribution is 6.39. The van der Waals surface area contributed by atoms with Gasteiger partial charge in [0.25, 0.3) is 0 Å². The van der Waals surface area contributed by atoms with Crippen molar-refractivity contribution < 1.29 is 4.39 Å².